The normalized spacial score (nSPS) is 11.4. The predicted molar refractivity (Wildman–Crippen MR) is 150 cm³/mol. The first-order chi connectivity index (χ1) is 16.5. The molecule has 0 atom stereocenters. The number of fused-ring (bicyclic) bond motifs is 1. The summed E-state index contributed by atoms with van der Waals surface area (Å²) in [6.45, 7) is 0. The van der Waals surface area contributed by atoms with Crippen molar-refractivity contribution in [2.45, 2.75) is 0 Å². The van der Waals surface area contributed by atoms with Gasteiger partial charge in [0.05, 0.1) is 20.9 Å². The van der Waals surface area contributed by atoms with Crippen LogP contribution in [0.15, 0.2) is 83.3 Å². The second kappa shape index (κ2) is 9.92. The molecule has 0 bridgehead atoms. The number of benzene rings is 3. The van der Waals surface area contributed by atoms with Gasteiger partial charge in [-0.3, -0.25) is 4.79 Å². The molecule has 0 aliphatic carbocycles. The Morgan fingerprint density at radius 3 is 2.68 bits per heavy atom. The fourth-order valence-corrected chi connectivity index (χ4v) is 5.39. The second-order valence-corrected chi connectivity index (χ2v) is 10.4. The van der Waals surface area contributed by atoms with Crippen molar-refractivity contribution in [1.82, 2.24) is 4.98 Å². The Balaban J connectivity index is 1.36. The van der Waals surface area contributed by atoms with Crippen LogP contribution in [0, 0.1) is 3.57 Å². The van der Waals surface area contributed by atoms with Gasteiger partial charge < -0.3 is 9.73 Å². The molecule has 0 radical (unpaired) electrons. The zero-order chi connectivity index (χ0) is 23.7. The van der Waals surface area contributed by atoms with Gasteiger partial charge in [-0.1, -0.05) is 35.3 Å². The van der Waals surface area contributed by atoms with Crippen molar-refractivity contribution in [2.24, 2.45) is 0 Å². The lowest BCUT2D eigenvalue weighted by molar-refractivity contribution is -0.111. The maximum atomic E-state index is 12.7. The molecule has 0 fully saturated rings. The molecule has 34 heavy (non-hydrogen) atoms. The summed E-state index contributed by atoms with van der Waals surface area (Å²) < 4.78 is 7.99. The molecule has 0 unspecified atom stereocenters. The van der Waals surface area contributed by atoms with Crippen molar-refractivity contribution in [3.05, 3.63) is 98.2 Å². The van der Waals surface area contributed by atoms with Crippen molar-refractivity contribution in [3.8, 4) is 21.9 Å². The first-order valence-electron chi connectivity index (χ1n) is 10.2. The molecule has 5 aromatic rings. The Kier molecular flexibility index (Phi) is 6.74. The maximum absolute atomic E-state index is 12.7. The average molecular weight is 617 g/mol. The van der Waals surface area contributed by atoms with E-state index in [0.29, 0.717) is 27.3 Å². The number of carbonyl (C=O) groups excluding carboxylic acids is 1. The third kappa shape index (κ3) is 5.05. The summed E-state index contributed by atoms with van der Waals surface area (Å²) in [6, 6.07) is 22.6. The largest absolute Gasteiger partial charge is 0.457 e. The van der Waals surface area contributed by atoms with Crippen LogP contribution in [-0.2, 0) is 4.79 Å². The molecule has 168 valence electrons. The van der Waals surface area contributed by atoms with E-state index in [0.717, 1.165) is 29.9 Å². The van der Waals surface area contributed by atoms with Crippen LogP contribution in [0.25, 0.3) is 38.2 Å². The van der Waals surface area contributed by atoms with Crippen LogP contribution >= 0.6 is 57.1 Å². The van der Waals surface area contributed by atoms with Gasteiger partial charge in [0.2, 0.25) is 5.91 Å². The minimum Gasteiger partial charge on any atom is -0.457 e. The summed E-state index contributed by atoms with van der Waals surface area (Å²) in [4.78, 5) is 17.4. The molecule has 4 nitrogen and oxygen atoms in total. The number of nitrogens with zero attached hydrogens (tertiary/aromatic N) is 1. The highest BCUT2D eigenvalue weighted by Gasteiger charge is 2.13. The van der Waals surface area contributed by atoms with Crippen molar-refractivity contribution >= 4 is 85.0 Å². The summed E-state index contributed by atoms with van der Waals surface area (Å²) in [6.07, 6.45) is 3.05. The number of amides is 1. The van der Waals surface area contributed by atoms with Gasteiger partial charge >= 0.3 is 0 Å². The minimum atomic E-state index is -0.272. The molecule has 8 heteroatoms. The highest BCUT2D eigenvalue weighted by Crippen LogP contribution is 2.36. The number of rotatable bonds is 5. The Morgan fingerprint density at radius 1 is 1.00 bits per heavy atom. The van der Waals surface area contributed by atoms with E-state index < -0.39 is 0 Å². The van der Waals surface area contributed by atoms with Crippen molar-refractivity contribution in [2.75, 3.05) is 5.32 Å². The number of nitrogens with one attached hydrogen (secondary N) is 1. The van der Waals surface area contributed by atoms with E-state index in [1.165, 1.54) is 6.08 Å². The zero-order valence-electron chi connectivity index (χ0n) is 17.4. The first-order valence-corrected chi connectivity index (χ1v) is 12.8. The smallest absolute Gasteiger partial charge is 0.248 e. The van der Waals surface area contributed by atoms with Crippen LogP contribution in [0.2, 0.25) is 10.0 Å². The Bertz CT molecular complexity index is 1520. The van der Waals surface area contributed by atoms with Gasteiger partial charge in [-0.25, -0.2) is 4.98 Å². The number of anilines is 1. The minimum absolute atomic E-state index is 0.272. The van der Waals surface area contributed by atoms with E-state index in [1.54, 1.807) is 47.7 Å². The molecular formula is C26H15Cl2IN2O2S. The number of hydrogen-bond acceptors (Lipinski definition) is 4. The van der Waals surface area contributed by atoms with Crippen LogP contribution < -0.4 is 5.32 Å². The van der Waals surface area contributed by atoms with Crippen LogP contribution in [0.5, 0.6) is 0 Å². The molecule has 0 saturated heterocycles. The molecule has 2 heterocycles. The predicted octanol–water partition coefficient (Wildman–Crippen LogP) is 8.79. The number of carbonyl (C=O) groups is 1. The number of hydrogen-bond donors (Lipinski definition) is 1. The third-order valence-electron chi connectivity index (χ3n) is 4.99. The molecule has 0 aliphatic rings. The monoisotopic (exact) mass is 616 g/mol. The van der Waals surface area contributed by atoms with E-state index in [4.69, 9.17) is 32.6 Å². The summed E-state index contributed by atoms with van der Waals surface area (Å²) in [5.41, 5.74) is 3.25. The molecule has 1 N–H and O–H groups in total. The topological polar surface area (TPSA) is 55.1 Å². The van der Waals surface area contributed by atoms with Crippen LogP contribution in [-0.4, -0.2) is 10.9 Å². The summed E-state index contributed by atoms with van der Waals surface area (Å²) in [7, 11) is 0. The van der Waals surface area contributed by atoms with Crippen LogP contribution in [0.3, 0.4) is 0 Å². The van der Waals surface area contributed by atoms with Crippen molar-refractivity contribution in [3.63, 3.8) is 0 Å². The summed E-state index contributed by atoms with van der Waals surface area (Å²) >= 11 is 16.1. The average Bonchev–Trinajstić information content (AvgIpc) is 3.46. The van der Waals surface area contributed by atoms with Crippen molar-refractivity contribution < 1.29 is 9.21 Å². The van der Waals surface area contributed by atoms with E-state index in [9.17, 15) is 4.79 Å². The molecule has 0 aliphatic heterocycles. The number of halogens is 3. The van der Waals surface area contributed by atoms with E-state index in [-0.39, 0.29) is 5.91 Å². The second-order valence-electron chi connectivity index (χ2n) is 7.33. The third-order valence-corrected chi connectivity index (χ3v) is 7.27. The zero-order valence-corrected chi connectivity index (χ0v) is 21.9. The lowest BCUT2D eigenvalue weighted by Gasteiger charge is -2.08. The molecule has 0 spiro atoms. The molecular weight excluding hydrogens is 602 g/mol. The van der Waals surface area contributed by atoms with Gasteiger partial charge in [0.15, 0.2) is 0 Å². The quantitative estimate of drug-likeness (QED) is 0.159. The Morgan fingerprint density at radius 2 is 1.85 bits per heavy atom. The molecule has 1 amide bonds. The standard InChI is InChI=1S/C26H15Cl2IN2O2S/c27-15-5-9-18(20(28)13-15)23-11-7-17(33-23)8-12-25(32)30-21-10-6-16(29)14-19(21)26-31-22-3-1-2-4-24(22)34-26/h1-14H,(H,30,32). The summed E-state index contributed by atoms with van der Waals surface area (Å²) in [5, 5.41) is 4.87. The van der Waals surface area contributed by atoms with Gasteiger partial charge in [0, 0.05) is 25.8 Å². The van der Waals surface area contributed by atoms with Gasteiger partial charge in [0.1, 0.15) is 16.5 Å². The lowest BCUT2D eigenvalue weighted by Crippen LogP contribution is -2.08. The van der Waals surface area contributed by atoms with E-state index >= 15 is 0 Å². The number of thiazole rings is 1. The van der Waals surface area contributed by atoms with Gasteiger partial charge in [-0.05, 0) is 89.3 Å². The van der Waals surface area contributed by atoms with Gasteiger partial charge in [-0.15, -0.1) is 11.3 Å². The molecule has 3 aromatic carbocycles. The highest BCUT2D eigenvalue weighted by atomic mass is 127. The maximum Gasteiger partial charge on any atom is 0.248 e. The fraction of sp³-hybridized carbons (Fsp3) is 0. The first kappa shape index (κ1) is 23.1. The summed E-state index contributed by atoms with van der Waals surface area (Å²) in [5.74, 6) is 0.855. The van der Waals surface area contributed by atoms with E-state index in [2.05, 4.69) is 27.9 Å². The van der Waals surface area contributed by atoms with Gasteiger partial charge in [-0.2, -0.15) is 0 Å². The fourth-order valence-electron chi connectivity index (χ4n) is 3.40. The highest BCUT2D eigenvalue weighted by molar-refractivity contribution is 14.1. The van der Waals surface area contributed by atoms with Crippen LogP contribution in [0.1, 0.15) is 5.76 Å². The Hall–Kier alpha value is -2.65. The molecule has 0 saturated carbocycles. The molecule has 2 aromatic heterocycles. The van der Waals surface area contributed by atoms with Crippen LogP contribution in [0.4, 0.5) is 5.69 Å². The Labute approximate surface area is 223 Å². The lowest BCUT2D eigenvalue weighted by atomic mass is 10.2. The van der Waals surface area contributed by atoms with Gasteiger partial charge in [0.25, 0.3) is 0 Å². The number of para-hydroxylation sites is 1. The molecule has 5 rings (SSSR count). The number of furan rings is 1. The van der Waals surface area contributed by atoms with Crippen molar-refractivity contribution in [1.29, 1.82) is 0 Å². The van der Waals surface area contributed by atoms with E-state index in [1.807, 2.05) is 42.5 Å². The number of aromatic nitrogens is 1. The SMILES string of the molecule is O=C(C=Cc1ccc(-c2ccc(Cl)cc2Cl)o1)Nc1ccc(I)cc1-c1nc2ccccc2s1.